The number of hydrogen-bond acceptors (Lipinski definition) is 3. The molecule has 0 unspecified atom stereocenters. The number of fused-ring (bicyclic) bond motifs is 1. The first-order chi connectivity index (χ1) is 14.9. The molecule has 31 heavy (non-hydrogen) atoms. The number of carbonyl (C=O) groups excluding carboxylic acids is 3. The van der Waals surface area contributed by atoms with Crippen molar-refractivity contribution in [3.05, 3.63) is 89.7 Å². The van der Waals surface area contributed by atoms with E-state index < -0.39 is 11.7 Å². The maximum atomic E-state index is 13.2. The van der Waals surface area contributed by atoms with Gasteiger partial charge in [0.25, 0.3) is 11.7 Å². The topological polar surface area (TPSA) is 79.7 Å². The van der Waals surface area contributed by atoms with Crippen molar-refractivity contribution in [3.63, 3.8) is 0 Å². The van der Waals surface area contributed by atoms with Crippen molar-refractivity contribution in [2.24, 2.45) is 0 Å². The number of pyridine rings is 1. The summed E-state index contributed by atoms with van der Waals surface area (Å²) in [5.41, 5.74) is 3.38. The molecule has 2 amide bonds. The SMILES string of the molecule is CC(=O)Nc1cccc(NC(=O)C(=O)c2c(-c3ccc(Cl)cc3)cc3ccccn23)c1. The van der Waals surface area contributed by atoms with Crippen molar-refractivity contribution in [2.45, 2.75) is 6.92 Å². The lowest BCUT2D eigenvalue weighted by molar-refractivity contribution is -0.114. The number of Topliss-reactive ketones (excluding diaryl/α,β-unsaturated/α-hetero) is 1. The number of amides is 2. The standard InChI is InChI=1S/C24H18ClN3O3/c1-15(29)26-18-5-4-6-19(13-18)27-24(31)23(30)22-21(16-8-10-17(25)11-9-16)14-20-7-2-3-12-28(20)22/h2-14H,1H3,(H,26,29)(H,27,31). The first kappa shape index (κ1) is 20.4. The summed E-state index contributed by atoms with van der Waals surface area (Å²) in [5.74, 6) is -1.69. The number of hydrogen-bond donors (Lipinski definition) is 2. The highest BCUT2D eigenvalue weighted by Gasteiger charge is 2.25. The Hall–Kier alpha value is -3.90. The minimum Gasteiger partial charge on any atom is -0.326 e. The number of anilines is 2. The molecule has 0 saturated heterocycles. The van der Waals surface area contributed by atoms with Gasteiger partial charge in [-0.2, -0.15) is 0 Å². The zero-order valence-corrected chi connectivity index (χ0v) is 17.3. The molecule has 0 aliphatic rings. The van der Waals surface area contributed by atoms with Gasteiger partial charge >= 0.3 is 0 Å². The number of carbonyl (C=O) groups is 3. The van der Waals surface area contributed by atoms with Gasteiger partial charge in [0, 0.05) is 40.6 Å². The Morgan fingerprint density at radius 3 is 2.26 bits per heavy atom. The van der Waals surface area contributed by atoms with Gasteiger partial charge in [-0.3, -0.25) is 14.4 Å². The fourth-order valence-corrected chi connectivity index (χ4v) is 3.50. The third-order valence-corrected chi connectivity index (χ3v) is 4.95. The van der Waals surface area contributed by atoms with E-state index in [-0.39, 0.29) is 11.6 Å². The maximum Gasteiger partial charge on any atom is 0.298 e. The van der Waals surface area contributed by atoms with Crippen LogP contribution in [0.5, 0.6) is 0 Å². The number of halogens is 1. The Labute approximate surface area is 183 Å². The molecule has 0 fully saturated rings. The number of ketones is 1. The van der Waals surface area contributed by atoms with E-state index in [9.17, 15) is 14.4 Å². The summed E-state index contributed by atoms with van der Waals surface area (Å²) in [7, 11) is 0. The van der Waals surface area contributed by atoms with Crippen LogP contribution < -0.4 is 10.6 Å². The summed E-state index contributed by atoms with van der Waals surface area (Å²) in [6, 6.07) is 21.1. The van der Waals surface area contributed by atoms with E-state index in [1.54, 1.807) is 53.1 Å². The van der Waals surface area contributed by atoms with Gasteiger partial charge in [-0.25, -0.2) is 0 Å². The predicted molar refractivity (Wildman–Crippen MR) is 122 cm³/mol. The van der Waals surface area contributed by atoms with Crippen LogP contribution in [0.2, 0.25) is 5.02 Å². The predicted octanol–water partition coefficient (Wildman–Crippen LogP) is 5.04. The van der Waals surface area contributed by atoms with Gasteiger partial charge in [0.2, 0.25) is 5.91 Å². The molecule has 0 saturated carbocycles. The van der Waals surface area contributed by atoms with Crippen molar-refractivity contribution < 1.29 is 14.4 Å². The Morgan fingerprint density at radius 1 is 0.839 bits per heavy atom. The molecule has 0 radical (unpaired) electrons. The van der Waals surface area contributed by atoms with Crippen LogP contribution in [-0.2, 0) is 9.59 Å². The van der Waals surface area contributed by atoms with E-state index in [2.05, 4.69) is 10.6 Å². The summed E-state index contributed by atoms with van der Waals surface area (Å²) in [5, 5.41) is 5.85. The molecule has 4 rings (SSSR count). The van der Waals surface area contributed by atoms with Crippen molar-refractivity contribution >= 4 is 46.1 Å². The van der Waals surface area contributed by atoms with Gasteiger partial charge in [-0.15, -0.1) is 0 Å². The molecule has 6 nitrogen and oxygen atoms in total. The van der Waals surface area contributed by atoms with E-state index in [0.717, 1.165) is 11.1 Å². The van der Waals surface area contributed by atoms with E-state index in [1.807, 2.05) is 30.3 Å². The Balaban J connectivity index is 1.70. The Morgan fingerprint density at radius 2 is 1.55 bits per heavy atom. The lowest BCUT2D eigenvalue weighted by atomic mass is 10.0. The van der Waals surface area contributed by atoms with Crippen LogP contribution in [0.3, 0.4) is 0 Å². The molecule has 2 N–H and O–H groups in total. The number of rotatable bonds is 5. The average molecular weight is 432 g/mol. The summed E-state index contributed by atoms with van der Waals surface area (Å²) in [6.45, 7) is 1.39. The van der Waals surface area contributed by atoms with Crippen molar-refractivity contribution in [2.75, 3.05) is 10.6 Å². The van der Waals surface area contributed by atoms with E-state index in [4.69, 9.17) is 11.6 Å². The van der Waals surface area contributed by atoms with E-state index in [1.165, 1.54) is 6.92 Å². The van der Waals surface area contributed by atoms with Crippen LogP contribution in [0.1, 0.15) is 17.4 Å². The quantitative estimate of drug-likeness (QED) is 0.343. The molecule has 2 heterocycles. The second kappa shape index (κ2) is 8.45. The normalized spacial score (nSPS) is 10.6. The highest BCUT2D eigenvalue weighted by atomic mass is 35.5. The average Bonchev–Trinajstić information content (AvgIpc) is 3.13. The van der Waals surface area contributed by atoms with Crippen LogP contribution in [-0.4, -0.2) is 22.0 Å². The van der Waals surface area contributed by atoms with Crippen LogP contribution in [0.25, 0.3) is 16.6 Å². The van der Waals surface area contributed by atoms with Gasteiger partial charge in [0.1, 0.15) is 5.69 Å². The van der Waals surface area contributed by atoms with Gasteiger partial charge in [-0.05, 0) is 54.1 Å². The second-order valence-electron chi connectivity index (χ2n) is 6.95. The number of aromatic nitrogens is 1. The van der Waals surface area contributed by atoms with Crippen LogP contribution in [0, 0.1) is 0 Å². The fourth-order valence-electron chi connectivity index (χ4n) is 3.38. The highest BCUT2D eigenvalue weighted by Crippen LogP contribution is 2.29. The molecule has 0 aliphatic carbocycles. The molecular weight excluding hydrogens is 414 g/mol. The van der Waals surface area contributed by atoms with Crippen LogP contribution in [0.4, 0.5) is 11.4 Å². The minimum absolute atomic E-state index is 0.230. The summed E-state index contributed by atoms with van der Waals surface area (Å²) >= 11 is 6.00. The Bertz CT molecular complexity index is 1310. The molecule has 2 aromatic heterocycles. The number of benzene rings is 2. The zero-order valence-electron chi connectivity index (χ0n) is 16.6. The van der Waals surface area contributed by atoms with Gasteiger partial charge in [0.05, 0.1) is 0 Å². The summed E-state index contributed by atoms with van der Waals surface area (Å²) in [4.78, 5) is 37.3. The summed E-state index contributed by atoms with van der Waals surface area (Å²) < 4.78 is 1.69. The van der Waals surface area contributed by atoms with Crippen LogP contribution >= 0.6 is 11.6 Å². The highest BCUT2D eigenvalue weighted by molar-refractivity contribution is 6.47. The minimum atomic E-state index is -0.779. The molecule has 0 aliphatic heterocycles. The van der Waals surface area contributed by atoms with E-state index >= 15 is 0 Å². The van der Waals surface area contributed by atoms with Gasteiger partial charge in [0.15, 0.2) is 0 Å². The van der Waals surface area contributed by atoms with E-state index in [0.29, 0.717) is 22.0 Å². The fraction of sp³-hybridized carbons (Fsp3) is 0.0417. The second-order valence-corrected chi connectivity index (χ2v) is 7.39. The number of nitrogens with one attached hydrogen (secondary N) is 2. The van der Waals surface area contributed by atoms with Gasteiger partial charge < -0.3 is 15.0 Å². The molecular formula is C24H18ClN3O3. The monoisotopic (exact) mass is 431 g/mol. The van der Waals surface area contributed by atoms with Gasteiger partial charge in [-0.1, -0.05) is 35.9 Å². The van der Waals surface area contributed by atoms with Crippen molar-refractivity contribution in [3.8, 4) is 11.1 Å². The maximum absolute atomic E-state index is 13.2. The Kier molecular flexibility index (Phi) is 5.56. The third-order valence-electron chi connectivity index (χ3n) is 4.70. The molecule has 154 valence electrons. The molecule has 4 aromatic rings. The lowest BCUT2D eigenvalue weighted by Gasteiger charge is -2.09. The zero-order chi connectivity index (χ0) is 22.0. The van der Waals surface area contributed by atoms with Crippen molar-refractivity contribution in [1.29, 1.82) is 0 Å². The molecule has 0 bridgehead atoms. The van der Waals surface area contributed by atoms with Crippen molar-refractivity contribution in [1.82, 2.24) is 4.40 Å². The first-order valence-electron chi connectivity index (χ1n) is 9.52. The third kappa shape index (κ3) is 4.34. The largest absolute Gasteiger partial charge is 0.326 e. The number of nitrogens with zero attached hydrogens (tertiary/aromatic N) is 1. The molecule has 0 spiro atoms. The summed E-state index contributed by atoms with van der Waals surface area (Å²) in [6.07, 6.45) is 1.74. The first-order valence-corrected chi connectivity index (χ1v) is 9.89. The molecule has 7 heteroatoms. The molecule has 2 aromatic carbocycles. The lowest BCUT2D eigenvalue weighted by Crippen LogP contribution is -2.24. The molecule has 0 atom stereocenters. The van der Waals surface area contributed by atoms with Crippen LogP contribution in [0.15, 0.2) is 79.0 Å². The smallest absolute Gasteiger partial charge is 0.298 e.